The molecule has 2 aromatic heterocycles. The van der Waals surface area contributed by atoms with Crippen LogP contribution in [0.25, 0.3) is 0 Å². The molecule has 0 bridgehead atoms. The molecule has 0 aliphatic rings. The van der Waals surface area contributed by atoms with E-state index in [1.165, 1.54) is 10.8 Å². The van der Waals surface area contributed by atoms with Crippen LogP contribution in [0.3, 0.4) is 0 Å². The molecule has 0 fully saturated rings. The van der Waals surface area contributed by atoms with Gasteiger partial charge < -0.3 is 14.6 Å². The first-order valence-corrected chi connectivity index (χ1v) is 9.08. The van der Waals surface area contributed by atoms with Crippen LogP contribution in [0.4, 0.5) is 11.5 Å². The van der Waals surface area contributed by atoms with E-state index in [2.05, 4.69) is 15.3 Å². The Balaban J connectivity index is 1.78. The molecule has 0 spiro atoms. The molecule has 0 radical (unpaired) electrons. The normalized spacial score (nSPS) is 10.5. The Morgan fingerprint density at radius 1 is 1.21 bits per heavy atom. The zero-order chi connectivity index (χ0) is 19.9. The fraction of sp³-hybridized carbons (Fsp3) is 0.238. The standard InChI is InChI=1S/C21H22N4O3/c1-3-25-14-18(21(27)28-12-10-16-7-5-4-6-8-16)24-19(20(25)26)23-17-13-22-11-9-15(17)2/h4-9,11,13-14H,3,10,12H2,1-2H3,(H,23,24). The lowest BCUT2D eigenvalue weighted by Crippen LogP contribution is -2.26. The summed E-state index contributed by atoms with van der Waals surface area (Å²) in [5.74, 6) is -0.500. The molecular weight excluding hydrogens is 356 g/mol. The Bertz CT molecular complexity index is 1020. The van der Waals surface area contributed by atoms with E-state index in [0.717, 1.165) is 11.1 Å². The number of aromatic nitrogens is 3. The summed E-state index contributed by atoms with van der Waals surface area (Å²) in [5.41, 5.74) is 2.42. The molecule has 144 valence electrons. The maximum Gasteiger partial charge on any atom is 0.358 e. The molecule has 7 heteroatoms. The fourth-order valence-electron chi connectivity index (χ4n) is 2.66. The van der Waals surface area contributed by atoms with Crippen molar-refractivity contribution in [1.82, 2.24) is 14.5 Å². The van der Waals surface area contributed by atoms with E-state index >= 15 is 0 Å². The van der Waals surface area contributed by atoms with Gasteiger partial charge in [0.25, 0.3) is 5.56 Å². The summed E-state index contributed by atoms with van der Waals surface area (Å²) in [7, 11) is 0. The zero-order valence-electron chi connectivity index (χ0n) is 15.9. The van der Waals surface area contributed by atoms with Crippen molar-refractivity contribution in [2.45, 2.75) is 26.8 Å². The van der Waals surface area contributed by atoms with E-state index < -0.39 is 5.97 Å². The first kappa shape index (κ1) is 19.3. The number of rotatable bonds is 7. The van der Waals surface area contributed by atoms with Gasteiger partial charge >= 0.3 is 5.97 Å². The smallest absolute Gasteiger partial charge is 0.358 e. The highest BCUT2D eigenvalue weighted by molar-refractivity contribution is 5.87. The highest BCUT2D eigenvalue weighted by Gasteiger charge is 2.16. The number of aryl methyl sites for hydroxylation is 2. The van der Waals surface area contributed by atoms with Gasteiger partial charge in [0, 0.05) is 25.4 Å². The van der Waals surface area contributed by atoms with Crippen LogP contribution >= 0.6 is 0 Å². The number of carbonyl (C=O) groups is 1. The highest BCUT2D eigenvalue weighted by Crippen LogP contribution is 2.15. The van der Waals surface area contributed by atoms with Crippen molar-refractivity contribution in [3.63, 3.8) is 0 Å². The Kier molecular flexibility index (Phi) is 6.16. The second-order valence-corrected chi connectivity index (χ2v) is 6.25. The van der Waals surface area contributed by atoms with Crippen molar-refractivity contribution < 1.29 is 9.53 Å². The molecule has 3 rings (SSSR count). The summed E-state index contributed by atoms with van der Waals surface area (Å²) < 4.78 is 6.77. The van der Waals surface area contributed by atoms with Gasteiger partial charge in [0.2, 0.25) is 0 Å². The quantitative estimate of drug-likeness (QED) is 0.636. The van der Waals surface area contributed by atoms with Crippen LogP contribution < -0.4 is 10.9 Å². The van der Waals surface area contributed by atoms with E-state index in [4.69, 9.17) is 4.74 Å². The molecule has 1 aromatic carbocycles. The third-order valence-electron chi connectivity index (χ3n) is 4.28. The van der Waals surface area contributed by atoms with Gasteiger partial charge in [-0.15, -0.1) is 0 Å². The van der Waals surface area contributed by atoms with Crippen LogP contribution in [0.15, 0.2) is 59.8 Å². The highest BCUT2D eigenvalue weighted by atomic mass is 16.5. The van der Waals surface area contributed by atoms with Gasteiger partial charge in [-0.3, -0.25) is 9.78 Å². The lowest BCUT2D eigenvalue weighted by molar-refractivity contribution is 0.0501. The van der Waals surface area contributed by atoms with E-state index in [1.54, 1.807) is 12.4 Å². The Morgan fingerprint density at radius 3 is 2.71 bits per heavy atom. The lowest BCUT2D eigenvalue weighted by atomic mass is 10.2. The van der Waals surface area contributed by atoms with Crippen LogP contribution in [0.2, 0.25) is 0 Å². The molecule has 0 atom stereocenters. The number of pyridine rings is 1. The minimum atomic E-state index is -0.566. The van der Waals surface area contributed by atoms with Gasteiger partial charge in [0.15, 0.2) is 11.5 Å². The molecule has 0 aliphatic carbocycles. The van der Waals surface area contributed by atoms with E-state index in [-0.39, 0.29) is 23.7 Å². The minimum Gasteiger partial charge on any atom is -0.461 e. The molecule has 7 nitrogen and oxygen atoms in total. The minimum absolute atomic E-state index is 0.0652. The van der Waals surface area contributed by atoms with E-state index in [1.807, 2.05) is 50.2 Å². The largest absolute Gasteiger partial charge is 0.461 e. The fourth-order valence-corrected chi connectivity index (χ4v) is 2.66. The first-order valence-electron chi connectivity index (χ1n) is 9.08. The van der Waals surface area contributed by atoms with Gasteiger partial charge in [-0.25, -0.2) is 9.78 Å². The van der Waals surface area contributed by atoms with E-state index in [9.17, 15) is 9.59 Å². The molecule has 0 saturated carbocycles. The second-order valence-electron chi connectivity index (χ2n) is 6.25. The van der Waals surface area contributed by atoms with Crippen LogP contribution in [0, 0.1) is 6.92 Å². The van der Waals surface area contributed by atoms with Gasteiger partial charge in [0.1, 0.15) is 0 Å². The summed E-state index contributed by atoms with van der Waals surface area (Å²) in [4.78, 5) is 33.2. The Labute approximate surface area is 163 Å². The van der Waals surface area contributed by atoms with Crippen molar-refractivity contribution in [2.75, 3.05) is 11.9 Å². The SMILES string of the molecule is CCn1cc(C(=O)OCCc2ccccc2)nc(Nc2cnccc2C)c1=O. The van der Waals surface area contributed by atoms with Crippen molar-refractivity contribution in [3.8, 4) is 0 Å². The summed E-state index contributed by atoms with van der Waals surface area (Å²) in [6, 6.07) is 11.6. The third-order valence-corrected chi connectivity index (χ3v) is 4.28. The first-order chi connectivity index (χ1) is 13.6. The summed E-state index contributed by atoms with van der Waals surface area (Å²) in [6.45, 7) is 4.36. The molecule has 3 aromatic rings. The number of nitrogens with one attached hydrogen (secondary N) is 1. The number of carbonyl (C=O) groups excluding carboxylic acids is 1. The van der Waals surface area contributed by atoms with Crippen LogP contribution in [-0.2, 0) is 17.7 Å². The second kappa shape index (κ2) is 8.94. The average molecular weight is 378 g/mol. The van der Waals surface area contributed by atoms with Gasteiger partial charge in [-0.1, -0.05) is 30.3 Å². The molecule has 1 N–H and O–H groups in total. The third kappa shape index (κ3) is 4.62. The maximum atomic E-state index is 12.6. The summed E-state index contributed by atoms with van der Waals surface area (Å²) in [5, 5.41) is 2.98. The summed E-state index contributed by atoms with van der Waals surface area (Å²) >= 11 is 0. The number of ether oxygens (including phenoxy) is 1. The molecule has 28 heavy (non-hydrogen) atoms. The zero-order valence-corrected chi connectivity index (χ0v) is 15.9. The van der Waals surface area contributed by atoms with E-state index in [0.29, 0.717) is 18.7 Å². The molecule has 0 saturated heterocycles. The monoisotopic (exact) mass is 378 g/mol. The molecule has 2 heterocycles. The van der Waals surface area contributed by atoms with Crippen LogP contribution in [0.5, 0.6) is 0 Å². The molecule has 0 unspecified atom stereocenters. The number of hydrogen-bond acceptors (Lipinski definition) is 6. The predicted molar refractivity (Wildman–Crippen MR) is 107 cm³/mol. The molecular formula is C21H22N4O3. The van der Waals surface area contributed by atoms with Crippen LogP contribution in [-0.4, -0.2) is 27.1 Å². The van der Waals surface area contributed by atoms with Crippen molar-refractivity contribution in [2.24, 2.45) is 0 Å². The Morgan fingerprint density at radius 2 is 2.00 bits per heavy atom. The van der Waals surface area contributed by atoms with Crippen LogP contribution in [0.1, 0.15) is 28.5 Å². The predicted octanol–water partition coefficient (Wildman–Crippen LogP) is 3.11. The number of nitrogens with zero attached hydrogens (tertiary/aromatic N) is 3. The lowest BCUT2D eigenvalue weighted by Gasteiger charge is -2.12. The van der Waals surface area contributed by atoms with Crippen molar-refractivity contribution in [1.29, 1.82) is 0 Å². The van der Waals surface area contributed by atoms with Crippen molar-refractivity contribution >= 4 is 17.5 Å². The summed E-state index contributed by atoms with van der Waals surface area (Å²) in [6.07, 6.45) is 5.31. The topological polar surface area (TPSA) is 86.1 Å². The molecule has 0 aliphatic heterocycles. The van der Waals surface area contributed by atoms with Gasteiger partial charge in [0.05, 0.1) is 18.5 Å². The number of benzene rings is 1. The average Bonchev–Trinajstić information content (AvgIpc) is 2.71. The Hall–Kier alpha value is -3.48. The number of esters is 1. The maximum absolute atomic E-state index is 12.6. The van der Waals surface area contributed by atoms with Gasteiger partial charge in [-0.2, -0.15) is 0 Å². The van der Waals surface area contributed by atoms with Crippen molar-refractivity contribution in [3.05, 3.63) is 82.2 Å². The number of anilines is 2. The number of hydrogen-bond donors (Lipinski definition) is 1. The molecule has 0 amide bonds. The van der Waals surface area contributed by atoms with Gasteiger partial charge in [-0.05, 0) is 31.0 Å².